The standard InChI is InChI=1S/C11H8N2O5/c14-8-4-6-3-7(13(16)17)5-9-10(6)12(11(8)15)1-2-18-9/h3-5,14H,1-2H2. The molecule has 2 heterocycles. The lowest BCUT2D eigenvalue weighted by Crippen LogP contribution is -2.26. The van der Waals surface area contributed by atoms with E-state index in [2.05, 4.69) is 0 Å². The quantitative estimate of drug-likeness (QED) is 0.600. The van der Waals surface area contributed by atoms with E-state index in [4.69, 9.17) is 4.74 Å². The molecule has 0 saturated heterocycles. The van der Waals surface area contributed by atoms with Crippen LogP contribution >= 0.6 is 0 Å². The molecule has 0 radical (unpaired) electrons. The van der Waals surface area contributed by atoms with E-state index in [1.54, 1.807) is 0 Å². The molecule has 18 heavy (non-hydrogen) atoms. The number of rotatable bonds is 1. The Morgan fingerprint density at radius 2 is 2.17 bits per heavy atom. The summed E-state index contributed by atoms with van der Waals surface area (Å²) in [6.07, 6.45) is 0. The van der Waals surface area contributed by atoms with Crippen molar-refractivity contribution in [1.82, 2.24) is 4.57 Å². The fourth-order valence-electron chi connectivity index (χ4n) is 2.14. The van der Waals surface area contributed by atoms with E-state index in [0.29, 0.717) is 23.2 Å². The van der Waals surface area contributed by atoms with Gasteiger partial charge in [0, 0.05) is 11.5 Å². The lowest BCUT2D eigenvalue weighted by atomic mass is 10.1. The predicted molar refractivity (Wildman–Crippen MR) is 62.0 cm³/mol. The Balaban J connectivity index is 2.48. The molecule has 1 aromatic heterocycles. The van der Waals surface area contributed by atoms with Crippen LogP contribution in [0.4, 0.5) is 5.69 Å². The average molecular weight is 248 g/mol. The molecule has 0 bridgehead atoms. The van der Waals surface area contributed by atoms with E-state index in [0.717, 1.165) is 0 Å². The van der Waals surface area contributed by atoms with Gasteiger partial charge >= 0.3 is 0 Å². The second-order valence-electron chi connectivity index (χ2n) is 3.97. The van der Waals surface area contributed by atoms with E-state index < -0.39 is 16.2 Å². The molecule has 1 aromatic carbocycles. The number of nitrogens with zero attached hydrogens (tertiary/aromatic N) is 2. The molecule has 0 unspecified atom stereocenters. The van der Waals surface area contributed by atoms with Gasteiger partial charge < -0.3 is 9.84 Å². The maximum absolute atomic E-state index is 11.7. The van der Waals surface area contributed by atoms with Gasteiger partial charge in [-0.25, -0.2) is 0 Å². The van der Waals surface area contributed by atoms with Gasteiger partial charge in [0.2, 0.25) is 0 Å². The molecule has 7 heteroatoms. The molecule has 2 aromatic rings. The largest absolute Gasteiger partial charge is 0.503 e. The monoisotopic (exact) mass is 248 g/mol. The third kappa shape index (κ3) is 1.33. The zero-order chi connectivity index (χ0) is 12.9. The van der Waals surface area contributed by atoms with Crippen molar-refractivity contribution in [3.05, 3.63) is 38.7 Å². The molecular weight excluding hydrogens is 240 g/mol. The number of pyridine rings is 1. The highest BCUT2D eigenvalue weighted by Crippen LogP contribution is 2.33. The Bertz CT molecular complexity index is 734. The van der Waals surface area contributed by atoms with Gasteiger partial charge in [0.05, 0.1) is 23.1 Å². The summed E-state index contributed by atoms with van der Waals surface area (Å²) < 4.78 is 6.70. The molecule has 0 aliphatic carbocycles. The molecular formula is C11H8N2O5. The lowest BCUT2D eigenvalue weighted by molar-refractivity contribution is -0.384. The van der Waals surface area contributed by atoms with E-state index >= 15 is 0 Å². The SMILES string of the molecule is O=c1c(O)cc2cc([N+](=O)[O-])cc3c2n1CCO3. The Morgan fingerprint density at radius 1 is 1.39 bits per heavy atom. The van der Waals surface area contributed by atoms with Gasteiger partial charge in [-0.2, -0.15) is 0 Å². The smallest absolute Gasteiger partial charge is 0.293 e. The molecule has 0 amide bonds. The van der Waals surface area contributed by atoms with Crippen LogP contribution in [-0.4, -0.2) is 21.2 Å². The number of nitro benzene ring substituents is 1. The van der Waals surface area contributed by atoms with Crippen molar-refractivity contribution in [3.63, 3.8) is 0 Å². The van der Waals surface area contributed by atoms with E-state index in [1.165, 1.54) is 22.8 Å². The first-order valence-electron chi connectivity index (χ1n) is 5.25. The number of benzene rings is 1. The number of hydrogen-bond donors (Lipinski definition) is 1. The van der Waals surface area contributed by atoms with Crippen LogP contribution in [0.3, 0.4) is 0 Å². The number of nitro groups is 1. The summed E-state index contributed by atoms with van der Waals surface area (Å²) in [6.45, 7) is 0.557. The van der Waals surface area contributed by atoms with Crippen molar-refractivity contribution in [2.45, 2.75) is 6.54 Å². The number of aromatic nitrogens is 1. The Labute approximate surface area is 100.0 Å². The minimum atomic E-state index is -0.541. The minimum absolute atomic E-state index is 0.135. The molecule has 92 valence electrons. The summed E-state index contributed by atoms with van der Waals surface area (Å²) >= 11 is 0. The highest BCUT2D eigenvalue weighted by molar-refractivity contribution is 5.88. The maximum atomic E-state index is 11.7. The molecule has 0 fully saturated rings. The highest BCUT2D eigenvalue weighted by Gasteiger charge is 2.21. The second kappa shape index (κ2) is 3.46. The molecule has 1 aliphatic rings. The number of aromatic hydroxyl groups is 1. The van der Waals surface area contributed by atoms with Crippen molar-refractivity contribution >= 4 is 16.6 Å². The Hall–Kier alpha value is -2.57. The van der Waals surface area contributed by atoms with Crippen molar-refractivity contribution in [2.75, 3.05) is 6.61 Å². The first kappa shape index (κ1) is 10.6. The Kier molecular flexibility index (Phi) is 2.03. The molecule has 1 aliphatic heterocycles. The normalized spacial score (nSPS) is 13.3. The van der Waals surface area contributed by atoms with Crippen LogP contribution in [0.5, 0.6) is 11.5 Å². The van der Waals surface area contributed by atoms with Crippen LogP contribution < -0.4 is 10.3 Å². The van der Waals surface area contributed by atoms with E-state index in [9.17, 15) is 20.0 Å². The summed E-state index contributed by atoms with van der Waals surface area (Å²) in [5.41, 5.74) is -0.167. The van der Waals surface area contributed by atoms with Gasteiger partial charge in [-0.1, -0.05) is 0 Å². The number of non-ortho nitro benzene ring substituents is 1. The molecule has 7 nitrogen and oxygen atoms in total. The summed E-state index contributed by atoms with van der Waals surface area (Å²) in [4.78, 5) is 22.0. The second-order valence-corrected chi connectivity index (χ2v) is 3.97. The van der Waals surface area contributed by atoms with Crippen molar-refractivity contribution in [2.24, 2.45) is 0 Å². The van der Waals surface area contributed by atoms with Gasteiger partial charge in [-0.05, 0) is 6.07 Å². The van der Waals surface area contributed by atoms with Crippen LogP contribution in [0.1, 0.15) is 0 Å². The van der Waals surface area contributed by atoms with Crippen LogP contribution in [0.15, 0.2) is 23.0 Å². The van der Waals surface area contributed by atoms with Crippen LogP contribution in [0, 0.1) is 10.1 Å². The van der Waals surface area contributed by atoms with Crippen LogP contribution in [0.2, 0.25) is 0 Å². The zero-order valence-electron chi connectivity index (χ0n) is 9.12. The number of ether oxygens (including phenoxy) is 1. The summed E-state index contributed by atoms with van der Waals surface area (Å²) in [6, 6.07) is 3.82. The molecule has 1 N–H and O–H groups in total. The van der Waals surface area contributed by atoms with Crippen molar-refractivity contribution in [3.8, 4) is 11.5 Å². The first-order valence-corrected chi connectivity index (χ1v) is 5.25. The van der Waals surface area contributed by atoms with Crippen LogP contribution in [-0.2, 0) is 6.54 Å². The zero-order valence-corrected chi connectivity index (χ0v) is 9.12. The minimum Gasteiger partial charge on any atom is -0.503 e. The predicted octanol–water partition coefficient (Wildman–Crippen LogP) is 1.01. The van der Waals surface area contributed by atoms with Gasteiger partial charge in [-0.3, -0.25) is 19.5 Å². The van der Waals surface area contributed by atoms with Crippen molar-refractivity contribution < 1.29 is 14.8 Å². The average Bonchev–Trinajstić information content (AvgIpc) is 2.35. The molecule has 0 atom stereocenters. The summed E-state index contributed by atoms with van der Waals surface area (Å²) in [7, 11) is 0. The third-order valence-corrected chi connectivity index (χ3v) is 2.90. The number of hydrogen-bond acceptors (Lipinski definition) is 5. The van der Waals surface area contributed by atoms with Gasteiger partial charge in [-0.15, -0.1) is 0 Å². The fourth-order valence-corrected chi connectivity index (χ4v) is 2.14. The van der Waals surface area contributed by atoms with Gasteiger partial charge in [0.15, 0.2) is 11.5 Å². The van der Waals surface area contributed by atoms with Gasteiger partial charge in [0.1, 0.15) is 6.61 Å². The molecule has 3 rings (SSSR count). The summed E-state index contributed by atoms with van der Waals surface area (Å²) in [5.74, 6) is -0.126. The van der Waals surface area contributed by atoms with E-state index in [1.807, 2.05) is 0 Å². The Morgan fingerprint density at radius 3 is 2.89 bits per heavy atom. The third-order valence-electron chi connectivity index (χ3n) is 2.90. The van der Waals surface area contributed by atoms with Gasteiger partial charge in [0.25, 0.3) is 11.2 Å². The first-order chi connectivity index (χ1) is 8.58. The highest BCUT2D eigenvalue weighted by atomic mass is 16.6. The maximum Gasteiger partial charge on any atom is 0.293 e. The molecule has 0 saturated carbocycles. The molecule has 0 spiro atoms. The lowest BCUT2D eigenvalue weighted by Gasteiger charge is -2.19. The fraction of sp³-hybridized carbons (Fsp3) is 0.182. The summed E-state index contributed by atoms with van der Waals surface area (Å²) in [5, 5.41) is 20.7. The topological polar surface area (TPSA) is 94.6 Å². The van der Waals surface area contributed by atoms with E-state index in [-0.39, 0.29) is 12.3 Å². The van der Waals surface area contributed by atoms with Crippen LogP contribution in [0.25, 0.3) is 10.9 Å². The van der Waals surface area contributed by atoms with Crippen molar-refractivity contribution in [1.29, 1.82) is 0 Å².